The first kappa shape index (κ1) is 18.9. The summed E-state index contributed by atoms with van der Waals surface area (Å²) >= 11 is 0. The molecule has 2 bridgehead atoms. The van der Waals surface area contributed by atoms with E-state index in [0.29, 0.717) is 40.2 Å². The van der Waals surface area contributed by atoms with Gasteiger partial charge in [-0.15, -0.1) is 0 Å². The zero-order valence-electron chi connectivity index (χ0n) is 17.1. The van der Waals surface area contributed by atoms with Crippen LogP contribution in [0.1, 0.15) is 49.3 Å². The lowest BCUT2D eigenvalue weighted by molar-refractivity contribution is -0.123. The quantitative estimate of drug-likeness (QED) is 0.703. The van der Waals surface area contributed by atoms with E-state index in [1.807, 2.05) is 18.2 Å². The molecule has 2 aromatic carbocycles. The largest absolute Gasteiger partial charge is 0.511 e. The summed E-state index contributed by atoms with van der Waals surface area (Å²) in [5, 5.41) is 20.1. The molecule has 3 saturated carbocycles. The topological polar surface area (TPSA) is 70.3 Å². The molecule has 1 N–H and O–H groups in total. The predicted molar refractivity (Wildman–Crippen MR) is 114 cm³/mol. The van der Waals surface area contributed by atoms with Crippen LogP contribution in [-0.2, 0) is 11.2 Å². The number of ether oxygens (including phenoxy) is 1. The molecule has 0 amide bonds. The van der Waals surface area contributed by atoms with Gasteiger partial charge in [-0.25, -0.2) is 0 Å². The number of aliphatic hydroxyl groups excluding tert-OH is 1. The highest BCUT2D eigenvalue weighted by molar-refractivity contribution is 6.25. The van der Waals surface area contributed by atoms with Gasteiger partial charge in [0.2, 0.25) is 0 Å². The number of hydrogen-bond donors (Lipinski definition) is 1. The second kappa shape index (κ2) is 7.32. The van der Waals surface area contributed by atoms with Crippen molar-refractivity contribution in [1.82, 2.24) is 0 Å². The van der Waals surface area contributed by atoms with Gasteiger partial charge >= 0.3 is 0 Å². The number of nitriles is 1. The van der Waals surface area contributed by atoms with E-state index in [1.165, 1.54) is 0 Å². The minimum atomic E-state index is -0.0414. The summed E-state index contributed by atoms with van der Waals surface area (Å²) in [4.78, 5) is 13.5. The first-order chi connectivity index (χ1) is 14.6. The van der Waals surface area contributed by atoms with E-state index >= 15 is 0 Å². The van der Waals surface area contributed by atoms with Gasteiger partial charge in [-0.1, -0.05) is 13.0 Å². The van der Waals surface area contributed by atoms with Crippen molar-refractivity contribution in [2.45, 2.75) is 39.0 Å². The minimum Gasteiger partial charge on any atom is -0.511 e. The monoisotopic (exact) mass is 399 g/mol. The van der Waals surface area contributed by atoms with Crippen LogP contribution in [0.2, 0.25) is 0 Å². The molecule has 0 heterocycles. The lowest BCUT2D eigenvalue weighted by Crippen LogP contribution is -2.41. The Labute approximate surface area is 176 Å². The van der Waals surface area contributed by atoms with Crippen molar-refractivity contribution in [3.05, 3.63) is 64.9 Å². The first-order valence-corrected chi connectivity index (χ1v) is 10.9. The van der Waals surface area contributed by atoms with Gasteiger partial charge in [0.1, 0.15) is 17.3 Å². The molecule has 4 heteroatoms. The van der Waals surface area contributed by atoms with E-state index in [-0.39, 0.29) is 17.6 Å². The van der Waals surface area contributed by atoms with Crippen LogP contribution in [0.15, 0.2) is 48.2 Å². The van der Waals surface area contributed by atoms with Gasteiger partial charge in [0, 0.05) is 11.8 Å². The number of aliphatic hydroxyl groups is 1. The summed E-state index contributed by atoms with van der Waals surface area (Å²) in [6.45, 7) is 2.06. The molecule has 152 valence electrons. The van der Waals surface area contributed by atoms with Gasteiger partial charge in [0.05, 0.1) is 17.2 Å². The summed E-state index contributed by atoms with van der Waals surface area (Å²) in [5.41, 5.74) is 2.95. The van der Waals surface area contributed by atoms with Gasteiger partial charge in [-0.3, -0.25) is 4.79 Å². The molecule has 0 spiro atoms. The molecule has 3 fully saturated rings. The van der Waals surface area contributed by atoms with Crippen molar-refractivity contribution in [2.75, 3.05) is 0 Å². The van der Waals surface area contributed by atoms with E-state index in [9.17, 15) is 9.90 Å². The Morgan fingerprint density at radius 3 is 2.23 bits per heavy atom. The van der Waals surface area contributed by atoms with Crippen LogP contribution in [0.25, 0.3) is 5.57 Å². The second-order valence-electron chi connectivity index (χ2n) is 8.76. The molecule has 0 radical (unpaired) electrons. The van der Waals surface area contributed by atoms with E-state index in [4.69, 9.17) is 10.00 Å². The molecule has 30 heavy (non-hydrogen) atoms. The summed E-state index contributed by atoms with van der Waals surface area (Å²) in [7, 11) is 0. The van der Waals surface area contributed by atoms with Crippen molar-refractivity contribution < 1.29 is 14.6 Å². The molecular formula is C26H25NO3. The number of fused-ring (bicyclic) bond motifs is 2. The number of ketones is 1. The molecule has 2 aromatic rings. The minimum absolute atomic E-state index is 0.00723. The Morgan fingerprint density at radius 1 is 1.00 bits per heavy atom. The number of aryl methyl sites for hydroxylation is 1. The smallest absolute Gasteiger partial charge is 0.170 e. The normalized spacial score (nSPS) is 27.1. The van der Waals surface area contributed by atoms with E-state index in [0.717, 1.165) is 43.2 Å². The number of Topliss-reactive ketones (excluding diaryl/α,β-unsaturated/α-hetero) is 1. The SMILES string of the molecule is CCc1ccc(Oc2ccc(C#N)cc2)cc1C1=C(O)C2C3CCC(CC3)C2C1=O. The maximum Gasteiger partial charge on any atom is 0.170 e. The predicted octanol–water partition coefficient (Wildman–Crippen LogP) is 5.82. The number of allylic oxidation sites excluding steroid dienone is 2. The van der Waals surface area contributed by atoms with E-state index in [2.05, 4.69) is 13.0 Å². The summed E-state index contributed by atoms with van der Waals surface area (Å²) in [6.07, 6.45) is 5.25. The third-order valence-corrected chi connectivity index (χ3v) is 7.29. The Morgan fingerprint density at radius 2 is 1.63 bits per heavy atom. The lowest BCUT2D eigenvalue weighted by Gasteiger charge is -2.44. The number of benzene rings is 2. The zero-order valence-corrected chi connectivity index (χ0v) is 17.1. The molecule has 2 unspecified atom stereocenters. The highest BCUT2D eigenvalue weighted by atomic mass is 16.5. The van der Waals surface area contributed by atoms with Crippen LogP contribution in [0, 0.1) is 35.0 Å². The molecule has 0 saturated heterocycles. The van der Waals surface area contributed by atoms with Crippen LogP contribution in [0.5, 0.6) is 11.5 Å². The fourth-order valence-electron chi connectivity index (χ4n) is 5.84. The van der Waals surface area contributed by atoms with Gasteiger partial charge < -0.3 is 9.84 Å². The Balaban J connectivity index is 1.52. The molecule has 2 atom stereocenters. The molecule has 6 rings (SSSR count). The summed E-state index contributed by atoms with van der Waals surface area (Å²) < 4.78 is 6.00. The van der Waals surface area contributed by atoms with Gasteiger partial charge in [-0.2, -0.15) is 5.26 Å². The molecule has 4 nitrogen and oxygen atoms in total. The number of nitrogens with zero attached hydrogens (tertiary/aromatic N) is 1. The summed E-state index contributed by atoms with van der Waals surface area (Å²) in [5.74, 6) is 2.50. The van der Waals surface area contributed by atoms with Crippen molar-refractivity contribution in [1.29, 1.82) is 5.26 Å². The highest BCUT2D eigenvalue weighted by Crippen LogP contribution is 2.57. The molecule has 0 aromatic heterocycles. The number of carbonyl (C=O) groups excluding carboxylic acids is 1. The van der Waals surface area contributed by atoms with Crippen LogP contribution in [0.3, 0.4) is 0 Å². The maximum atomic E-state index is 13.5. The average Bonchev–Trinajstić information content (AvgIpc) is 3.07. The van der Waals surface area contributed by atoms with Gasteiger partial charge in [0.25, 0.3) is 0 Å². The van der Waals surface area contributed by atoms with Crippen LogP contribution >= 0.6 is 0 Å². The van der Waals surface area contributed by atoms with Crippen LogP contribution < -0.4 is 4.74 Å². The third-order valence-electron chi connectivity index (χ3n) is 7.29. The van der Waals surface area contributed by atoms with Crippen LogP contribution in [-0.4, -0.2) is 10.9 Å². The number of carbonyl (C=O) groups is 1. The van der Waals surface area contributed by atoms with Gasteiger partial charge in [-0.05, 0) is 91.5 Å². The lowest BCUT2D eigenvalue weighted by atomic mass is 9.59. The molecule has 0 aliphatic heterocycles. The molecular weight excluding hydrogens is 374 g/mol. The average molecular weight is 399 g/mol. The van der Waals surface area contributed by atoms with Gasteiger partial charge in [0.15, 0.2) is 5.78 Å². The zero-order chi connectivity index (χ0) is 20.8. The van der Waals surface area contributed by atoms with Crippen molar-refractivity contribution in [3.8, 4) is 17.6 Å². The first-order valence-electron chi connectivity index (χ1n) is 10.9. The molecule has 4 aliphatic rings. The Bertz CT molecular complexity index is 1070. The van der Waals surface area contributed by atoms with Crippen LogP contribution in [0.4, 0.5) is 0 Å². The Kier molecular flexibility index (Phi) is 4.62. The number of hydrogen-bond acceptors (Lipinski definition) is 4. The van der Waals surface area contributed by atoms with Crippen molar-refractivity contribution in [2.24, 2.45) is 23.7 Å². The van der Waals surface area contributed by atoms with E-state index in [1.54, 1.807) is 24.3 Å². The second-order valence-corrected chi connectivity index (χ2v) is 8.76. The van der Waals surface area contributed by atoms with E-state index < -0.39 is 0 Å². The third kappa shape index (κ3) is 2.92. The van der Waals surface area contributed by atoms with Crippen molar-refractivity contribution >= 4 is 11.4 Å². The fraction of sp³-hybridized carbons (Fsp3) is 0.385. The number of rotatable bonds is 4. The van der Waals surface area contributed by atoms with Crippen molar-refractivity contribution in [3.63, 3.8) is 0 Å². The summed E-state index contributed by atoms with van der Waals surface area (Å²) in [6, 6.07) is 14.8. The highest BCUT2D eigenvalue weighted by Gasteiger charge is 2.54. The maximum absolute atomic E-state index is 13.5. The Hall–Kier alpha value is -3.06. The standard InChI is InChI=1S/C26H25NO3/c1-2-16-9-12-20(30-19-10-3-15(14-27)4-11-19)13-21(16)24-25(28)22-17-5-6-18(8-7-17)23(22)26(24)29/h3-4,9-13,17-18,22-23,28H,2,5-8H2,1H3. The molecule has 4 aliphatic carbocycles. The fourth-order valence-corrected chi connectivity index (χ4v) is 5.84.